The Morgan fingerprint density at radius 3 is 2.64 bits per heavy atom. The third kappa shape index (κ3) is 3.54. The van der Waals surface area contributed by atoms with Gasteiger partial charge in [0.2, 0.25) is 0 Å². The van der Waals surface area contributed by atoms with Crippen molar-refractivity contribution in [1.82, 2.24) is 10.2 Å². The topological polar surface area (TPSA) is 58.4 Å². The zero-order valence-electron chi connectivity index (χ0n) is 8.96. The van der Waals surface area contributed by atoms with Crippen LogP contribution in [0.4, 0.5) is 4.79 Å². The molecule has 1 rings (SSSR count). The molecule has 4 nitrogen and oxygen atoms in total. The smallest absolute Gasteiger partial charge is 0.317 e. The van der Waals surface area contributed by atoms with Gasteiger partial charge in [0.1, 0.15) is 0 Å². The third-order valence-electron chi connectivity index (χ3n) is 2.65. The molecule has 1 aliphatic heterocycles. The number of piperidine rings is 1. The molecule has 0 aromatic heterocycles. The fourth-order valence-electron chi connectivity index (χ4n) is 1.55. The Labute approximate surface area is 85.8 Å². The van der Waals surface area contributed by atoms with Gasteiger partial charge in [-0.25, -0.2) is 4.79 Å². The van der Waals surface area contributed by atoms with Crippen LogP contribution >= 0.6 is 0 Å². The van der Waals surface area contributed by atoms with Gasteiger partial charge in [0, 0.05) is 19.6 Å². The number of rotatable bonds is 3. The molecule has 0 aliphatic carbocycles. The van der Waals surface area contributed by atoms with Gasteiger partial charge in [-0.15, -0.1) is 0 Å². The summed E-state index contributed by atoms with van der Waals surface area (Å²) in [7, 11) is 0. The second-order valence-electron chi connectivity index (χ2n) is 4.07. The largest absolute Gasteiger partial charge is 0.338 e. The van der Waals surface area contributed by atoms with Gasteiger partial charge in [0.05, 0.1) is 0 Å². The minimum Gasteiger partial charge on any atom is -0.338 e. The van der Waals surface area contributed by atoms with Gasteiger partial charge in [-0.3, -0.25) is 0 Å². The number of hydrogen-bond acceptors (Lipinski definition) is 2. The predicted molar refractivity (Wildman–Crippen MR) is 57.0 cm³/mol. The normalized spacial score (nSPS) is 19.1. The average molecular weight is 199 g/mol. The zero-order chi connectivity index (χ0) is 10.4. The van der Waals surface area contributed by atoms with Crippen molar-refractivity contribution in [2.75, 3.05) is 26.2 Å². The lowest BCUT2D eigenvalue weighted by molar-refractivity contribution is 0.185. The fraction of sp³-hybridized carbons (Fsp3) is 0.900. The molecule has 1 heterocycles. The Balaban J connectivity index is 2.19. The van der Waals surface area contributed by atoms with E-state index in [1.165, 1.54) is 6.42 Å². The van der Waals surface area contributed by atoms with E-state index in [4.69, 9.17) is 5.73 Å². The second kappa shape index (κ2) is 5.86. The molecular formula is C10H21N3O. The first kappa shape index (κ1) is 11.3. The van der Waals surface area contributed by atoms with E-state index in [0.717, 1.165) is 25.9 Å². The second-order valence-corrected chi connectivity index (χ2v) is 4.07. The molecule has 82 valence electrons. The van der Waals surface area contributed by atoms with Crippen molar-refractivity contribution < 1.29 is 4.79 Å². The summed E-state index contributed by atoms with van der Waals surface area (Å²) in [6, 6.07) is 0.0741. The molecule has 0 bridgehead atoms. The van der Waals surface area contributed by atoms with Gasteiger partial charge in [-0.05, 0) is 31.7 Å². The van der Waals surface area contributed by atoms with E-state index in [-0.39, 0.29) is 6.03 Å². The lowest BCUT2D eigenvalue weighted by Crippen LogP contribution is -2.44. The first-order valence-corrected chi connectivity index (χ1v) is 5.47. The van der Waals surface area contributed by atoms with Crippen molar-refractivity contribution in [2.45, 2.75) is 26.2 Å². The van der Waals surface area contributed by atoms with Crippen molar-refractivity contribution in [2.24, 2.45) is 11.7 Å². The van der Waals surface area contributed by atoms with E-state index in [1.54, 1.807) is 0 Å². The number of nitrogens with two attached hydrogens (primary N) is 1. The third-order valence-corrected chi connectivity index (χ3v) is 2.65. The van der Waals surface area contributed by atoms with Gasteiger partial charge in [-0.1, -0.05) is 6.92 Å². The predicted octanol–water partition coefficient (Wildman–Crippen LogP) is 0.777. The van der Waals surface area contributed by atoms with Crippen LogP contribution in [0.25, 0.3) is 0 Å². The Bertz CT molecular complexity index is 178. The summed E-state index contributed by atoms with van der Waals surface area (Å²) in [5.74, 6) is 0.365. The van der Waals surface area contributed by atoms with Gasteiger partial charge in [0.15, 0.2) is 0 Å². The number of nitrogens with one attached hydrogen (secondary N) is 1. The lowest BCUT2D eigenvalue weighted by atomic mass is 10.1. The summed E-state index contributed by atoms with van der Waals surface area (Å²) in [5, 5.41) is 2.91. The number of hydrogen-bond donors (Lipinski definition) is 2. The highest BCUT2D eigenvalue weighted by molar-refractivity contribution is 5.74. The van der Waals surface area contributed by atoms with Crippen LogP contribution in [0.5, 0.6) is 0 Å². The van der Waals surface area contributed by atoms with E-state index in [1.807, 2.05) is 11.8 Å². The monoisotopic (exact) mass is 199 g/mol. The van der Waals surface area contributed by atoms with Crippen LogP contribution in [0.3, 0.4) is 0 Å². The van der Waals surface area contributed by atoms with Crippen molar-refractivity contribution in [3.63, 3.8) is 0 Å². The number of likely N-dealkylation sites (tertiary alicyclic amines) is 1. The highest BCUT2D eigenvalue weighted by Gasteiger charge is 2.15. The molecule has 0 radical (unpaired) electrons. The lowest BCUT2D eigenvalue weighted by Gasteiger charge is -2.27. The molecule has 4 heteroatoms. The van der Waals surface area contributed by atoms with E-state index in [0.29, 0.717) is 19.0 Å². The molecule has 0 spiro atoms. The zero-order valence-corrected chi connectivity index (χ0v) is 8.96. The summed E-state index contributed by atoms with van der Waals surface area (Å²) in [4.78, 5) is 13.5. The Kier molecular flexibility index (Phi) is 4.73. The van der Waals surface area contributed by atoms with Crippen LogP contribution in [-0.4, -0.2) is 37.1 Å². The molecule has 3 N–H and O–H groups in total. The van der Waals surface area contributed by atoms with Gasteiger partial charge < -0.3 is 16.0 Å². The Morgan fingerprint density at radius 1 is 1.43 bits per heavy atom. The van der Waals surface area contributed by atoms with E-state index in [9.17, 15) is 4.79 Å². The van der Waals surface area contributed by atoms with Crippen LogP contribution < -0.4 is 11.1 Å². The summed E-state index contributed by atoms with van der Waals surface area (Å²) >= 11 is 0. The van der Waals surface area contributed by atoms with Crippen LogP contribution in [0, 0.1) is 5.92 Å². The van der Waals surface area contributed by atoms with Crippen molar-refractivity contribution in [1.29, 1.82) is 0 Å². The van der Waals surface area contributed by atoms with Gasteiger partial charge in [0.25, 0.3) is 0 Å². The minimum atomic E-state index is 0.0741. The molecule has 14 heavy (non-hydrogen) atoms. The van der Waals surface area contributed by atoms with Crippen LogP contribution in [0.1, 0.15) is 26.2 Å². The first-order valence-electron chi connectivity index (χ1n) is 5.47. The van der Waals surface area contributed by atoms with Gasteiger partial charge in [-0.2, -0.15) is 0 Å². The summed E-state index contributed by atoms with van der Waals surface area (Å²) in [6.07, 6.45) is 3.53. The Morgan fingerprint density at radius 2 is 2.07 bits per heavy atom. The quantitative estimate of drug-likeness (QED) is 0.705. The SMILES string of the molecule is CC(CN)CNC(=O)N1CCCCC1. The van der Waals surface area contributed by atoms with Crippen LogP contribution in [-0.2, 0) is 0 Å². The van der Waals surface area contributed by atoms with Crippen LogP contribution in [0.2, 0.25) is 0 Å². The van der Waals surface area contributed by atoms with Crippen LogP contribution in [0.15, 0.2) is 0 Å². The molecule has 1 aliphatic rings. The number of urea groups is 1. The molecule has 2 amide bonds. The van der Waals surface area contributed by atoms with Gasteiger partial charge >= 0.3 is 6.03 Å². The van der Waals surface area contributed by atoms with Crippen molar-refractivity contribution in [3.05, 3.63) is 0 Å². The maximum absolute atomic E-state index is 11.6. The fourth-order valence-corrected chi connectivity index (χ4v) is 1.55. The Hall–Kier alpha value is -0.770. The molecular weight excluding hydrogens is 178 g/mol. The maximum atomic E-state index is 11.6. The highest BCUT2D eigenvalue weighted by atomic mass is 16.2. The number of amides is 2. The molecule has 1 unspecified atom stereocenters. The maximum Gasteiger partial charge on any atom is 0.317 e. The summed E-state index contributed by atoms with van der Waals surface area (Å²) in [5.41, 5.74) is 5.47. The summed E-state index contributed by atoms with van der Waals surface area (Å²) in [6.45, 7) is 5.16. The number of carbonyl (C=O) groups excluding carboxylic acids is 1. The average Bonchev–Trinajstić information content (AvgIpc) is 2.26. The summed E-state index contributed by atoms with van der Waals surface area (Å²) < 4.78 is 0. The standard InChI is InChI=1S/C10H21N3O/c1-9(7-11)8-12-10(14)13-5-3-2-4-6-13/h9H,2-8,11H2,1H3,(H,12,14). The molecule has 1 atom stereocenters. The van der Waals surface area contributed by atoms with Crippen molar-refractivity contribution in [3.8, 4) is 0 Å². The molecule has 0 aromatic rings. The highest BCUT2D eigenvalue weighted by Crippen LogP contribution is 2.08. The molecule has 1 fully saturated rings. The number of nitrogens with zero attached hydrogens (tertiary/aromatic N) is 1. The molecule has 0 saturated carbocycles. The number of carbonyl (C=O) groups is 1. The van der Waals surface area contributed by atoms with E-state index >= 15 is 0 Å². The molecule has 0 aromatic carbocycles. The van der Waals surface area contributed by atoms with E-state index < -0.39 is 0 Å². The minimum absolute atomic E-state index is 0.0741. The van der Waals surface area contributed by atoms with E-state index in [2.05, 4.69) is 5.32 Å². The van der Waals surface area contributed by atoms with Crippen molar-refractivity contribution >= 4 is 6.03 Å². The molecule has 1 saturated heterocycles. The first-order chi connectivity index (χ1) is 6.74.